The number of nitrogens with zero attached hydrogens (tertiary/aromatic N) is 2. The first-order chi connectivity index (χ1) is 13.0. The quantitative estimate of drug-likeness (QED) is 0.573. The maximum Gasteiger partial charge on any atom is 0.321 e. The number of nitrogens with one attached hydrogen (secondary N) is 1. The Kier molecular flexibility index (Phi) is 5.93. The van der Waals surface area contributed by atoms with E-state index in [0.717, 1.165) is 10.0 Å². The summed E-state index contributed by atoms with van der Waals surface area (Å²) in [5.41, 5.74) is 1.75. The fourth-order valence-corrected chi connectivity index (χ4v) is 2.64. The van der Waals surface area contributed by atoms with Gasteiger partial charge in [-0.2, -0.15) is 0 Å². The van der Waals surface area contributed by atoms with E-state index in [0.29, 0.717) is 17.0 Å². The van der Waals surface area contributed by atoms with Gasteiger partial charge in [-0.15, -0.1) is 0 Å². The molecule has 136 valence electrons. The highest BCUT2D eigenvalue weighted by Gasteiger charge is 2.06. The summed E-state index contributed by atoms with van der Waals surface area (Å²) in [6.07, 6.45) is 5.88. The Hall–Kier alpha value is -3.06. The van der Waals surface area contributed by atoms with Crippen molar-refractivity contribution in [2.45, 2.75) is 6.92 Å². The highest BCUT2D eigenvalue weighted by Crippen LogP contribution is 2.24. The Morgan fingerprint density at radius 2 is 1.96 bits per heavy atom. The molecular weight excluding hydrogens is 413 g/mol. The summed E-state index contributed by atoms with van der Waals surface area (Å²) in [6, 6.07) is 11.7. The van der Waals surface area contributed by atoms with Crippen LogP contribution < -0.4 is 10.1 Å². The molecule has 3 rings (SSSR count). The van der Waals surface area contributed by atoms with Crippen molar-refractivity contribution in [3.05, 3.63) is 82.4 Å². The number of aryl methyl sites for hydroxylation is 1. The zero-order valence-electron chi connectivity index (χ0n) is 14.3. The highest BCUT2D eigenvalue weighted by atomic mass is 79.9. The molecule has 2 aromatic carbocycles. The number of ether oxygens (including phenoxy) is 1. The van der Waals surface area contributed by atoms with Gasteiger partial charge in [-0.3, -0.25) is 4.79 Å². The van der Waals surface area contributed by atoms with Crippen LogP contribution in [0.3, 0.4) is 0 Å². The molecule has 0 unspecified atom stereocenters. The molecular formula is C20H15BrFN3O2. The van der Waals surface area contributed by atoms with Crippen molar-refractivity contribution < 1.29 is 13.9 Å². The zero-order chi connectivity index (χ0) is 19.2. The minimum absolute atomic E-state index is 0.243. The molecule has 5 nitrogen and oxygen atoms in total. The average molecular weight is 428 g/mol. The van der Waals surface area contributed by atoms with Crippen LogP contribution in [0.4, 0.5) is 10.1 Å². The van der Waals surface area contributed by atoms with Gasteiger partial charge in [0.25, 0.3) is 0 Å². The number of carbonyl (C=O) groups is 1. The summed E-state index contributed by atoms with van der Waals surface area (Å²) >= 11 is 3.28. The lowest BCUT2D eigenvalue weighted by atomic mass is 10.1. The van der Waals surface area contributed by atoms with Gasteiger partial charge in [0.05, 0.1) is 0 Å². The van der Waals surface area contributed by atoms with Crippen LogP contribution in [-0.4, -0.2) is 15.9 Å². The SMILES string of the molecule is Cc1cc(Oc2ncccn2)ccc1NC(=O)/C=C/c1cc(Br)ccc1F. The third-order valence-corrected chi connectivity index (χ3v) is 4.07. The second kappa shape index (κ2) is 8.55. The molecule has 0 saturated carbocycles. The van der Waals surface area contributed by atoms with Gasteiger partial charge >= 0.3 is 6.01 Å². The van der Waals surface area contributed by atoms with E-state index in [2.05, 4.69) is 31.2 Å². The first-order valence-corrected chi connectivity index (χ1v) is 8.80. The van der Waals surface area contributed by atoms with Crippen molar-refractivity contribution in [2.24, 2.45) is 0 Å². The normalized spacial score (nSPS) is 10.8. The van der Waals surface area contributed by atoms with Crippen LogP contribution in [0.5, 0.6) is 11.8 Å². The van der Waals surface area contributed by atoms with E-state index in [1.54, 1.807) is 48.8 Å². The third kappa shape index (κ3) is 5.21. The second-order valence-corrected chi connectivity index (χ2v) is 6.51. The first-order valence-electron chi connectivity index (χ1n) is 8.01. The molecule has 27 heavy (non-hydrogen) atoms. The van der Waals surface area contributed by atoms with Gasteiger partial charge in [-0.1, -0.05) is 15.9 Å². The number of anilines is 1. The van der Waals surface area contributed by atoms with E-state index in [-0.39, 0.29) is 11.9 Å². The molecule has 1 N–H and O–H groups in total. The van der Waals surface area contributed by atoms with Crippen LogP contribution in [0, 0.1) is 12.7 Å². The Bertz CT molecular complexity index is 994. The smallest absolute Gasteiger partial charge is 0.321 e. The summed E-state index contributed by atoms with van der Waals surface area (Å²) in [5, 5.41) is 2.76. The molecule has 0 aliphatic carbocycles. The van der Waals surface area contributed by atoms with Gasteiger partial charge in [-0.25, -0.2) is 14.4 Å². The van der Waals surface area contributed by atoms with Crippen LogP contribution >= 0.6 is 15.9 Å². The van der Waals surface area contributed by atoms with E-state index in [9.17, 15) is 9.18 Å². The monoisotopic (exact) mass is 427 g/mol. The number of aromatic nitrogens is 2. The van der Waals surface area contributed by atoms with Crippen LogP contribution in [0.15, 0.2) is 65.4 Å². The predicted octanol–water partition coefficient (Wildman–Crippen LogP) is 5.13. The van der Waals surface area contributed by atoms with Gasteiger partial charge in [0, 0.05) is 34.2 Å². The molecule has 0 aliphatic heterocycles. The van der Waals surface area contributed by atoms with Crippen molar-refractivity contribution in [1.82, 2.24) is 9.97 Å². The maximum atomic E-state index is 13.7. The zero-order valence-corrected chi connectivity index (χ0v) is 15.9. The highest BCUT2D eigenvalue weighted by molar-refractivity contribution is 9.10. The van der Waals surface area contributed by atoms with Crippen molar-refractivity contribution in [3.63, 3.8) is 0 Å². The molecule has 0 spiro atoms. The second-order valence-electron chi connectivity index (χ2n) is 5.60. The van der Waals surface area contributed by atoms with Crippen LogP contribution in [0.25, 0.3) is 6.08 Å². The molecule has 0 radical (unpaired) electrons. The first kappa shape index (κ1) is 18.7. The largest absolute Gasteiger partial charge is 0.424 e. The number of benzene rings is 2. The van der Waals surface area contributed by atoms with Crippen LogP contribution in [-0.2, 0) is 4.79 Å². The summed E-state index contributed by atoms with van der Waals surface area (Å²) < 4.78 is 20.0. The standard InChI is InChI=1S/C20H15BrFN3O2/c1-13-11-16(27-20-23-9-2-10-24-20)5-7-18(13)25-19(26)8-3-14-12-15(21)4-6-17(14)22/h2-12H,1H3,(H,25,26)/b8-3+. The van der Waals surface area contributed by atoms with Crippen LogP contribution in [0.2, 0.25) is 0 Å². The molecule has 0 saturated heterocycles. The Balaban J connectivity index is 1.67. The van der Waals surface area contributed by atoms with Gasteiger partial charge in [0.2, 0.25) is 5.91 Å². The maximum absolute atomic E-state index is 13.7. The number of hydrogen-bond acceptors (Lipinski definition) is 4. The predicted molar refractivity (Wildman–Crippen MR) is 105 cm³/mol. The summed E-state index contributed by atoms with van der Waals surface area (Å²) in [6.45, 7) is 1.84. The molecule has 0 aliphatic rings. The minimum Gasteiger partial charge on any atom is -0.424 e. The number of hydrogen-bond donors (Lipinski definition) is 1. The van der Waals surface area contributed by atoms with Gasteiger partial charge in [0.15, 0.2) is 0 Å². The Morgan fingerprint density at radius 3 is 2.70 bits per heavy atom. The van der Waals surface area contributed by atoms with E-state index >= 15 is 0 Å². The Morgan fingerprint density at radius 1 is 1.19 bits per heavy atom. The van der Waals surface area contributed by atoms with Crippen molar-refractivity contribution in [2.75, 3.05) is 5.32 Å². The molecule has 0 fully saturated rings. The molecule has 0 bridgehead atoms. The average Bonchev–Trinajstić information content (AvgIpc) is 2.65. The molecule has 3 aromatic rings. The lowest BCUT2D eigenvalue weighted by Crippen LogP contribution is -2.09. The van der Waals surface area contributed by atoms with Gasteiger partial charge < -0.3 is 10.1 Å². The van der Waals surface area contributed by atoms with E-state index in [4.69, 9.17) is 4.74 Å². The van der Waals surface area contributed by atoms with Crippen molar-refractivity contribution >= 4 is 33.6 Å². The third-order valence-electron chi connectivity index (χ3n) is 3.58. The van der Waals surface area contributed by atoms with Gasteiger partial charge in [-0.05, 0) is 61.0 Å². The fourth-order valence-electron chi connectivity index (χ4n) is 2.27. The lowest BCUT2D eigenvalue weighted by Gasteiger charge is -2.09. The molecule has 1 amide bonds. The van der Waals surface area contributed by atoms with E-state index < -0.39 is 5.82 Å². The van der Waals surface area contributed by atoms with Gasteiger partial charge in [0.1, 0.15) is 11.6 Å². The van der Waals surface area contributed by atoms with E-state index in [1.807, 2.05) is 6.92 Å². The number of amides is 1. The molecule has 1 heterocycles. The molecule has 7 heteroatoms. The topological polar surface area (TPSA) is 64.1 Å². The van der Waals surface area contributed by atoms with Crippen molar-refractivity contribution in [3.8, 4) is 11.8 Å². The fraction of sp³-hybridized carbons (Fsp3) is 0.0500. The summed E-state index contributed by atoms with van der Waals surface area (Å²) in [4.78, 5) is 20.1. The molecule has 0 atom stereocenters. The number of halogens is 2. The van der Waals surface area contributed by atoms with Crippen LogP contribution in [0.1, 0.15) is 11.1 Å². The van der Waals surface area contributed by atoms with E-state index in [1.165, 1.54) is 18.2 Å². The molecule has 1 aromatic heterocycles. The number of carbonyl (C=O) groups excluding carboxylic acids is 1. The summed E-state index contributed by atoms with van der Waals surface area (Å²) in [5.74, 6) is -0.205. The summed E-state index contributed by atoms with van der Waals surface area (Å²) in [7, 11) is 0. The minimum atomic E-state index is -0.400. The lowest BCUT2D eigenvalue weighted by molar-refractivity contribution is -0.111. The van der Waals surface area contributed by atoms with Crippen molar-refractivity contribution in [1.29, 1.82) is 0 Å². The Labute approximate surface area is 164 Å². The number of rotatable bonds is 5.